The average Bonchev–Trinajstić information content (AvgIpc) is 2.61. The van der Waals surface area contributed by atoms with Crippen molar-refractivity contribution in [1.29, 1.82) is 0 Å². The predicted molar refractivity (Wildman–Crippen MR) is 92.9 cm³/mol. The van der Waals surface area contributed by atoms with Gasteiger partial charge < -0.3 is 10.2 Å². The Morgan fingerprint density at radius 2 is 1.73 bits per heavy atom. The molecule has 2 rings (SSSR count). The molecule has 0 unspecified atom stereocenters. The number of aryl methyl sites for hydroxylation is 1. The third-order valence-electron chi connectivity index (χ3n) is 3.63. The molecule has 0 bridgehead atoms. The van der Waals surface area contributed by atoms with Gasteiger partial charge >= 0.3 is 0 Å². The molecule has 1 aromatic carbocycles. The summed E-state index contributed by atoms with van der Waals surface area (Å²) >= 11 is 0. The summed E-state index contributed by atoms with van der Waals surface area (Å²) in [5.41, 5.74) is 0.332. The minimum atomic E-state index is -1.59. The van der Waals surface area contributed by atoms with Crippen molar-refractivity contribution >= 4 is 17.5 Å². The molecule has 0 atom stereocenters. The van der Waals surface area contributed by atoms with Crippen LogP contribution in [0.1, 0.15) is 42.9 Å². The lowest BCUT2D eigenvalue weighted by atomic mass is 10.2. The van der Waals surface area contributed by atoms with Crippen LogP contribution in [0.4, 0.5) is 24.8 Å². The normalized spacial score (nSPS) is 10.7. The molecule has 0 aliphatic rings. The van der Waals surface area contributed by atoms with E-state index in [1.165, 1.54) is 6.07 Å². The number of carbonyl (C=O) groups is 1. The van der Waals surface area contributed by atoms with Crippen LogP contribution in [0.3, 0.4) is 0 Å². The summed E-state index contributed by atoms with van der Waals surface area (Å²) < 4.78 is 40.2. The number of rotatable bonds is 7. The lowest BCUT2D eigenvalue weighted by Gasteiger charge is -2.21. The maximum atomic E-state index is 13.8. The Bertz CT molecular complexity index is 792. The summed E-state index contributed by atoms with van der Waals surface area (Å²) in [5.74, 6) is -4.57. The quantitative estimate of drug-likeness (QED) is 0.746. The fourth-order valence-electron chi connectivity index (χ4n) is 2.49. The fourth-order valence-corrected chi connectivity index (χ4v) is 2.49. The van der Waals surface area contributed by atoms with Crippen LogP contribution in [0.15, 0.2) is 18.2 Å². The van der Waals surface area contributed by atoms with Gasteiger partial charge in [-0.15, -0.1) is 0 Å². The van der Waals surface area contributed by atoms with Crippen molar-refractivity contribution in [3.05, 3.63) is 47.0 Å². The van der Waals surface area contributed by atoms with E-state index < -0.39 is 17.5 Å². The molecule has 0 saturated heterocycles. The summed E-state index contributed by atoms with van der Waals surface area (Å²) in [5, 5.41) is 2.50. The first-order valence-corrected chi connectivity index (χ1v) is 8.42. The van der Waals surface area contributed by atoms with Gasteiger partial charge in [-0.2, -0.15) is 0 Å². The smallest absolute Gasteiger partial charge is 0.272 e. The molecular formula is C18H21F3N4O. The van der Waals surface area contributed by atoms with E-state index >= 15 is 0 Å². The maximum Gasteiger partial charge on any atom is 0.272 e. The lowest BCUT2D eigenvalue weighted by molar-refractivity contribution is 0.0749. The minimum Gasteiger partial charge on any atom is -0.337 e. The van der Waals surface area contributed by atoms with E-state index in [1.54, 1.807) is 11.8 Å². The summed E-state index contributed by atoms with van der Waals surface area (Å²) in [4.78, 5) is 22.5. The monoisotopic (exact) mass is 366 g/mol. The second kappa shape index (κ2) is 8.64. The van der Waals surface area contributed by atoms with Gasteiger partial charge in [0.1, 0.15) is 5.69 Å². The van der Waals surface area contributed by atoms with Gasteiger partial charge in [0.25, 0.3) is 5.91 Å². The summed E-state index contributed by atoms with van der Waals surface area (Å²) in [6.45, 7) is 6.79. The second-order valence-corrected chi connectivity index (χ2v) is 5.86. The molecule has 5 nitrogen and oxygen atoms in total. The first-order chi connectivity index (χ1) is 12.4. The van der Waals surface area contributed by atoms with Crippen LogP contribution in [-0.2, 0) is 0 Å². The number of hydrogen-bond acceptors (Lipinski definition) is 4. The number of nitrogens with one attached hydrogen (secondary N) is 1. The van der Waals surface area contributed by atoms with Crippen molar-refractivity contribution in [1.82, 2.24) is 14.9 Å². The number of carbonyl (C=O) groups excluding carboxylic acids is 1. The van der Waals surface area contributed by atoms with E-state index in [0.717, 1.165) is 25.0 Å². The Hall–Kier alpha value is -2.64. The van der Waals surface area contributed by atoms with Gasteiger partial charge in [0.05, 0.1) is 5.69 Å². The molecule has 140 valence electrons. The third kappa shape index (κ3) is 4.50. The number of amides is 1. The van der Waals surface area contributed by atoms with E-state index in [0.29, 0.717) is 18.8 Å². The van der Waals surface area contributed by atoms with Gasteiger partial charge in [-0.05, 0) is 38.0 Å². The highest BCUT2D eigenvalue weighted by molar-refractivity contribution is 5.92. The van der Waals surface area contributed by atoms with Crippen LogP contribution in [0.2, 0.25) is 0 Å². The van der Waals surface area contributed by atoms with E-state index in [4.69, 9.17) is 0 Å². The number of aromatic nitrogens is 2. The van der Waals surface area contributed by atoms with Crippen LogP contribution in [0.5, 0.6) is 0 Å². The number of anilines is 2. The zero-order valence-corrected chi connectivity index (χ0v) is 14.9. The molecule has 0 spiro atoms. The predicted octanol–water partition coefficient (Wildman–Crippen LogP) is 4.21. The molecule has 0 aliphatic carbocycles. The zero-order valence-electron chi connectivity index (χ0n) is 14.9. The molecular weight excluding hydrogens is 345 g/mol. The molecule has 0 saturated carbocycles. The van der Waals surface area contributed by atoms with Crippen molar-refractivity contribution in [3.8, 4) is 0 Å². The van der Waals surface area contributed by atoms with Crippen LogP contribution >= 0.6 is 0 Å². The van der Waals surface area contributed by atoms with Crippen LogP contribution in [0, 0.1) is 24.4 Å². The number of benzene rings is 1. The summed E-state index contributed by atoms with van der Waals surface area (Å²) in [6, 6.07) is 3.38. The van der Waals surface area contributed by atoms with Gasteiger partial charge in [-0.3, -0.25) is 4.79 Å². The molecule has 0 aliphatic heterocycles. The highest BCUT2D eigenvalue weighted by atomic mass is 19.2. The Morgan fingerprint density at radius 3 is 2.35 bits per heavy atom. The van der Waals surface area contributed by atoms with Gasteiger partial charge in [0, 0.05) is 18.8 Å². The van der Waals surface area contributed by atoms with Crippen LogP contribution in [-0.4, -0.2) is 33.9 Å². The van der Waals surface area contributed by atoms with Gasteiger partial charge in [0.15, 0.2) is 17.5 Å². The van der Waals surface area contributed by atoms with Crippen molar-refractivity contribution in [3.63, 3.8) is 0 Å². The van der Waals surface area contributed by atoms with Crippen molar-refractivity contribution in [2.24, 2.45) is 0 Å². The Morgan fingerprint density at radius 1 is 1.08 bits per heavy atom. The first-order valence-electron chi connectivity index (χ1n) is 8.42. The molecule has 26 heavy (non-hydrogen) atoms. The number of nitrogens with zero attached hydrogens (tertiary/aromatic N) is 3. The number of halogens is 3. The van der Waals surface area contributed by atoms with E-state index in [-0.39, 0.29) is 23.2 Å². The largest absolute Gasteiger partial charge is 0.337 e. The van der Waals surface area contributed by atoms with E-state index in [2.05, 4.69) is 15.3 Å². The third-order valence-corrected chi connectivity index (χ3v) is 3.63. The second-order valence-electron chi connectivity index (χ2n) is 5.86. The van der Waals surface area contributed by atoms with Crippen molar-refractivity contribution in [2.45, 2.75) is 33.6 Å². The highest BCUT2D eigenvalue weighted by Crippen LogP contribution is 2.22. The van der Waals surface area contributed by atoms with Crippen molar-refractivity contribution < 1.29 is 18.0 Å². The van der Waals surface area contributed by atoms with Crippen LogP contribution < -0.4 is 5.32 Å². The minimum absolute atomic E-state index is 0.0637. The van der Waals surface area contributed by atoms with Gasteiger partial charge in [-0.25, -0.2) is 23.1 Å². The molecule has 8 heteroatoms. The lowest BCUT2D eigenvalue weighted by Crippen LogP contribution is -2.33. The molecule has 2 aromatic rings. The molecule has 0 radical (unpaired) electrons. The highest BCUT2D eigenvalue weighted by Gasteiger charge is 2.19. The molecule has 0 fully saturated rings. The molecule has 1 amide bonds. The van der Waals surface area contributed by atoms with E-state index in [1.807, 2.05) is 13.8 Å². The maximum absolute atomic E-state index is 13.8. The fraction of sp³-hybridized carbons (Fsp3) is 0.389. The SMILES string of the molecule is CCCN(CCC)C(=O)c1cc(C)nc(Nc2ccc(F)c(F)c2F)n1. The van der Waals surface area contributed by atoms with Crippen LogP contribution in [0.25, 0.3) is 0 Å². The van der Waals surface area contributed by atoms with Gasteiger partial charge in [0.2, 0.25) is 5.95 Å². The molecule has 1 aromatic heterocycles. The first kappa shape index (κ1) is 19.7. The zero-order chi connectivity index (χ0) is 19.3. The van der Waals surface area contributed by atoms with Gasteiger partial charge in [-0.1, -0.05) is 13.8 Å². The standard InChI is InChI=1S/C18H21F3N4O/c1-4-8-25(9-5-2)17(26)14-10-11(3)22-18(24-14)23-13-7-6-12(19)15(20)16(13)21/h6-7,10H,4-5,8-9H2,1-3H3,(H,22,23,24). The topological polar surface area (TPSA) is 58.1 Å². The molecule has 1 heterocycles. The number of hydrogen-bond donors (Lipinski definition) is 1. The Labute approximate surface area is 150 Å². The summed E-state index contributed by atoms with van der Waals surface area (Å²) in [7, 11) is 0. The van der Waals surface area contributed by atoms with Crippen molar-refractivity contribution in [2.75, 3.05) is 18.4 Å². The summed E-state index contributed by atoms with van der Waals surface area (Å²) in [6.07, 6.45) is 1.61. The molecule has 1 N–H and O–H groups in total. The Kier molecular flexibility index (Phi) is 6.54. The Balaban J connectivity index is 2.32. The van der Waals surface area contributed by atoms with E-state index in [9.17, 15) is 18.0 Å². The average molecular weight is 366 g/mol.